The van der Waals surface area contributed by atoms with Crippen LogP contribution in [0.15, 0.2) is 6.20 Å². The van der Waals surface area contributed by atoms with Crippen LogP contribution in [0.3, 0.4) is 0 Å². The van der Waals surface area contributed by atoms with Crippen molar-refractivity contribution in [3.8, 4) is 11.4 Å². The maximum Gasteiger partial charge on any atom is 0.281 e. The number of aromatic nitrogens is 5. The topological polar surface area (TPSA) is 118 Å². The highest BCUT2D eigenvalue weighted by molar-refractivity contribution is 5.61. The molecule has 156 valence electrons. The standard InChI is InChI=1S/C17H23F2N9O/c1-10-9-29-7-6-28(10)17-25-14(11-8-22-15(20)23-12(11)13(18)19)24-16(26-17)27-4-2-21-3-5-27/h8,10,13,21H,2-7,9H2,1H3,(H2,20,22,23). The number of anilines is 3. The molecule has 0 spiro atoms. The van der Waals surface area contributed by atoms with Crippen LogP contribution in [0.2, 0.25) is 0 Å². The van der Waals surface area contributed by atoms with Crippen molar-refractivity contribution in [1.29, 1.82) is 0 Å². The smallest absolute Gasteiger partial charge is 0.281 e. The van der Waals surface area contributed by atoms with Gasteiger partial charge in [-0.1, -0.05) is 0 Å². The number of alkyl halides is 2. The second-order valence-corrected chi connectivity index (χ2v) is 6.94. The van der Waals surface area contributed by atoms with Gasteiger partial charge in [-0.2, -0.15) is 15.0 Å². The SMILES string of the molecule is CC1COCCN1c1nc(-c2cnc(N)nc2C(F)F)nc(N2CCNCC2)n1. The third kappa shape index (κ3) is 4.17. The van der Waals surface area contributed by atoms with E-state index in [0.717, 1.165) is 13.1 Å². The van der Waals surface area contributed by atoms with Crippen LogP contribution in [0, 0.1) is 0 Å². The van der Waals surface area contributed by atoms with Crippen molar-refractivity contribution in [3.05, 3.63) is 11.9 Å². The molecular formula is C17H23F2N9O. The number of piperazine rings is 1. The molecular weight excluding hydrogens is 384 g/mol. The van der Waals surface area contributed by atoms with E-state index in [0.29, 0.717) is 44.7 Å². The Morgan fingerprint density at radius 3 is 2.62 bits per heavy atom. The van der Waals surface area contributed by atoms with Crippen LogP contribution in [0.4, 0.5) is 26.6 Å². The zero-order valence-corrected chi connectivity index (χ0v) is 16.1. The molecule has 3 N–H and O–H groups in total. The number of ether oxygens (including phenoxy) is 1. The quantitative estimate of drug-likeness (QED) is 0.741. The number of nitrogens with two attached hydrogens (primary N) is 1. The first-order valence-corrected chi connectivity index (χ1v) is 9.50. The number of halogens is 2. The molecule has 2 saturated heterocycles. The Kier molecular flexibility index (Phi) is 5.62. The molecule has 1 atom stereocenters. The van der Waals surface area contributed by atoms with Crippen LogP contribution in [-0.2, 0) is 4.74 Å². The largest absolute Gasteiger partial charge is 0.377 e. The maximum atomic E-state index is 13.6. The molecule has 29 heavy (non-hydrogen) atoms. The molecule has 2 aromatic rings. The molecule has 0 radical (unpaired) electrons. The predicted molar refractivity (Wildman–Crippen MR) is 103 cm³/mol. The highest BCUT2D eigenvalue weighted by Crippen LogP contribution is 2.30. The minimum absolute atomic E-state index is 0.0482. The Morgan fingerprint density at radius 1 is 1.14 bits per heavy atom. The second-order valence-electron chi connectivity index (χ2n) is 6.94. The first kappa shape index (κ1) is 19.6. The van der Waals surface area contributed by atoms with Crippen molar-refractivity contribution < 1.29 is 13.5 Å². The Bertz CT molecular complexity index is 863. The number of hydrogen-bond donors (Lipinski definition) is 2. The summed E-state index contributed by atoms with van der Waals surface area (Å²) in [5, 5.41) is 3.27. The first-order valence-electron chi connectivity index (χ1n) is 9.50. The zero-order valence-electron chi connectivity index (χ0n) is 16.1. The number of hydrogen-bond acceptors (Lipinski definition) is 10. The van der Waals surface area contributed by atoms with Gasteiger partial charge in [-0.15, -0.1) is 0 Å². The summed E-state index contributed by atoms with van der Waals surface area (Å²) in [7, 11) is 0. The van der Waals surface area contributed by atoms with Crippen LogP contribution in [0.1, 0.15) is 19.0 Å². The number of nitrogens with one attached hydrogen (secondary N) is 1. The minimum Gasteiger partial charge on any atom is -0.377 e. The molecule has 0 aromatic carbocycles. The summed E-state index contributed by atoms with van der Waals surface area (Å²) in [6.07, 6.45) is -1.59. The van der Waals surface area contributed by atoms with Crippen LogP contribution in [-0.4, -0.2) is 76.9 Å². The molecule has 2 fully saturated rings. The summed E-state index contributed by atoms with van der Waals surface area (Å²) in [6.45, 7) is 6.69. The molecule has 4 heterocycles. The van der Waals surface area contributed by atoms with Gasteiger partial charge in [0.15, 0.2) is 5.82 Å². The van der Waals surface area contributed by atoms with Gasteiger partial charge in [0.2, 0.25) is 17.8 Å². The van der Waals surface area contributed by atoms with Gasteiger partial charge < -0.3 is 25.6 Å². The summed E-state index contributed by atoms with van der Waals surface area (Å²) in [5.74, 6) is 0.763. The van der Waals surface area contributed by atoms with Gasteiger partial charge in [0, 0.05) is 38.9 Å². The molecule has 4 rings (SSSR count). The van der Waals surface area contributed by atoms with Crippen LogP contribution < -0.4 is 20.9 Å². The van der Waals surface area contributed by atoms with Crippen molar-refractivity contribution in [1.82, 2.24) is 30.2 Å². The van der Waals surface area contributed by atoms with Gasteiger partial charge in [0.25, 0.3) is 6.43 Å². The summed E-state index contributed by atoms with van der Waals surface area (Å²) >= 11 is 0. The first-order chi connectivity index (χ1) is 14.0. The summed E-state index contributed by atoms with van der Waals surface area (Å²) in [6, 6.07) is 0.0482. The monoisotopic (exact) mass is 407 g/mol. The number of nitrogens with zero attached hydrogens (tertiary/aromatic N) is 7. The highest BCUT2D eigenvalue weighted by Gasteiger charge is 2.27. The highest BCUT2D eigenvalue weighted by atomic mass is 19.3. The molecule has 0 amide bonds. The van der Waals surface area contributed by atoms with E-state index in [9.17, 15) is 8.78 Å². The van der Waals surface area contributed by atoms with E-state index in [-0.39, 0.29) is 23.4 Å². The van der Waals surface area contributed by atoms with Crippen LogP contribution in [0.25, 0.3) is 11.4 Å². The predicted octanol–water partition coefficient (Wildman–Crippen LogP) is 0.483. The van der Waals surface area contributed by atoms with Crippen LogP contribution >= 0.6 is 0 Å². The third-order valence-electron chi connectivity index (χ3n) is 4.92. The van der Waals surface area contributed by atoms with E-state index in [1.807, 2.05) is 16.7 Å². The molecule has 0 aliphatic carbocycles. The lowest BCUT2D eigenvalue weighted by atomic mass is 10.2. The van der Waals surface area contributed by atoms with Crippen molar-refractivity contribution in [3.63, 3.8) is 0 Å². The summed E-state index contributed by atoms with van der Waals surface area (Å²) in [4.78, 5) is 25.2. The summed E-state index contributed by atoms with van der Waals surface area (Å²) in [5.41, 5.74) is 5.07. The lowest BCUT2D eigenvalue weighted by Gasteiger charge is -2.34. The van der Waals surface area contributed by atoms with E-state index in [1.54, 1.807) is 0 Å². The van der Waals surface area contributed by atoms with Gasteiger partial charge >= 0.3 is 0 Å². The fourth-order valence-corrected chi connectivity index (χ4v) is 3.38. The number of morpholine rings is 1. The average Bonchev–Trinajstić information content (AvgIpc) is 2.74. The van der Waals surface area contributed by atoms with Crippen LogP contribution in [0.5, 0.6) is 0 Å². The van der Waals surface area contributed by atoms with Gasteiger partial charge in [0.1, 0.15) is 5.69 Å². The minimum atomic E-state index is -2.83. The lowest BCUT2D eigenvalue weighted by molar-refractivity contribution is 0.0981. The molecule has 12 heteroatoms. The van der Waals surface area contributed by atoms with E-state index in [1.165, 1.54) is 6.20 Å². The Hall–Kier alpha value is -2.73. The molecule has 2 aliphatic heterocycles. The normalized spacial score (nSPS) is 20.3. The summed E-state index contributed by atoms with van der Waals surface area (Å²) < 4.78 is 32.7. The fraction of sp³-hybridized carbons (Fsp3) is 0.588. The molecule has 0 bridgehead atoms. The second kappa shape index (κ2) is 8.33. The Labute approximate surface area is 166 Å². The van der Waals surface area contributed by atoms with E-state index in [4.69, 9.17) is 10.5 Å². The van der Waals surface area contributed by atoms with E-state index >= 15 is 0 Å². The van der Waals surface area contributed by atoms with Gasteiger partial charge in [-0.05, 0) is 6.92 Å². The molecule has 2 aromatic heterocycles. The molecule has 0 saturated carbocycles. The molecule has 10 nitrogen and oxygen atoms in total. The van der Waals surface area contributed by atoms with Gasteiger partial charge in [-0.3, -0.25) is 0 Å². The number of rotatable bonds is 4. The zero-order chi connectivity index (χ0) is 20.4. The number of nitrogen functional groups attached to an aromatic ring is 1. The lowest BCUT2D eigenvalue weighted by Crippen LogP contribution is -2.46. The Balaban J connectivity index is 1.81. The van der Waals surface area contributed by atoms with Gasteiger partial charge in [-0.25, -0.2) is 18.7 Å². The fourth-order valence-electron chi connectivity index (χ4n) is 3.38. The molecule has 1 unspecified atom stereocenters. The maximum absolute atomic E-state index is 13.6. The van der Waals surface area contributed by atoms with Crippen molar-refractivity contribution in [2.75, 3.05) is 61.5 Å². The Morgan fingerprint density at radius 2 is 1.90 bits per heavy atom. The van der Waals surface area contributed by atoms with Crippen molar-refractivity contribution in [2.24, 2.45) is 0 Å². The third-order valence-corrected chi connectivity index (χ3v) is 4.92. The molecule has 2 aliphatic rings. The van der Waals surface area contributed by atoms with E-state index in [2.05, 4.69) is 30.2 Å². The van der Waals surface area contributed by atoms with E-state index < -0.39 is 12.1 Å². The van der Waals surface area contributed by atoms with Crippen molar-refractivity contribution in [2.45, 2.75) is 19.4 Å². The van der Waals surface area contributed by atoms with Crippen molar-refractivity contribution >= 4 is 17.8 Å². The average molecular weight is 407 g/mol. The van der Waals surface area contributed by atoms with Gasteiger partial charge in [0.05, 0.1) is 24.8 Å².